The van der Waals surface area contributed by atoms with Crippen LogP contribution in [0.15, 0.2) is 18.2 Å². The van der Waals surface area contributed by atoms with Gasteiger partial charge < -0.3 is 5.32 Å². The van der Waals surface area contributed by atoms with E-state index >= 15 is 0 Å². The van der Waals surface area contributed by atoms with E-state index in [4.69, 9.17) is 11.6 Å². The van der Waals surface area contributed by atoms with Crippen LogP contribution in [0.25, 0.3) is 0 Å². The van der Waals surface area contributed by atoms with Gasteiger partial charge >= 0.3 is 0 Å². The van der Waals surface area contributed by atoms with Gasteiger partial charge in [0.05, 0.1) is 4.92 Å². The molecule has 0 fully saturated rings. The SMILES string of the molecule is Cc1ccc(C(=O)NCCCCCCCl)cc1[N+](=O)[O-]. The fraction of sp³-hybridized carbons (Fsp3) is 0.500. The van der Waals surface area contributed by atoms with Gasteiger partial charge in [-0.25, -0.2) is 0 Å². The second-order valence-electron chi connectivity index (χ2n) is 4.62. The standard InChI is InChI=1S/C14H19ClN2O3/c1-11-6-7-12(10-13(11)17(19)20)14(18)16-9-5-3-2-4-8-15/h6-7,10H,2-5,8-9H2,1H3,(H,16,18). The smallest absolute Gasteiger partial charge is 0.273 e. The van der Waals surface area contributed by atoms with Crippen molar-refractivity contribution in [3.05, 3.63) is 39.4 Å². The number of amides is 1. The first-order valence-electron chi connectivity index (χ1n) is 6.65. The van der Waals surface area contributed by atoms with Crippen LogP contribution in [0.1, 0.15) is 41.6 Å². The minimum absolute atomic E-state index is 0.0280. The molecule has 1 rings (SSSR count). The second kappa shape index (κ2) is 8.53. The molecule has 0 aliphatic heterocycles. The summed E-state index contributed by atoms with van der Waals surface area (Å²) in [6.07, 6.45) is 3.94. The third-order valence-corrected chi connectivity index (χ3v) is 3.28. The zero-order valence-corrected chi connectivity index (χ0v) is 12.3. The Kier molecular flexibility index (Phi) is 7.01. The number of halogens is 1. The van der Waals surface area contributed by atoms with Gasteiger partial charge in [-0.3, -0.25) is 14.9 Å². The molecule has 1 aromatic rings. The van der Waals surface area contributed by atoms with Gasteiger partial charge in [-0.05, 0) is 25.8 Å². The van der Waals surface area contributed by atoms with Crippen molar-refractivity contribution in [3.8, 4) is 0 Å². The first-order chi connectivity index (χ1) is 9.56. The van der Waals surface area contributed by atoms with Crippen LogP contribution in [-0.4, -0.2) is 23.3 Å². The van der Waals surface area contributed by atoms with Gasteiger partial charge in [0.15, 0.2) is 0 Å². The Morgan fingerprint density at radius 3 is 2.65 bits per heavy atom. The molecule has 0 aromatic heterocycles. The summed E-state index contributed by atoms with van der Waals surface area (Å²) < 4.78 is 0. The fourth-order valence-corrected chi connectivity index (χ4v) is 2.01. The second-order valence-corrected chi connectivity index (χ2v) is 5.00. The van der Waals surface area contributed by atoms with Crippen LogP contribution in [-0.2, 0) is 0 Å². The highest BCUT2D eigenvalue weighted by Crippen LogP contribution is 2.19. The monoisotopic (exact) mass is 298 g/mol. The number of nitro benzene ring substituents is 1. The molecule has 0 aliphatic carbocycles. The van der Waals surface area contributed by atoms with Gasteiger partial charge in [-0.15, -0.1) is 11.6 Å². The molecule has 6 heteroatoms. The third kappa shape index (κ3) is 5.17. The summed E-state index contributed by atoms with van der Waals surface area (Å²) in [6.45, 7) is 2.22. The van der Waals surface area contributed by atoms with Crippen LogP contribution in [0.4, 0.5) is 5.69 Å². The average Bonchev–Trinajstić information content (AvgIpc) is 2.42. The van der Waals surface area contributed by atoms with Crippen LogP contribution in [0.5, 0.6) is 0 Å². The maximum absolute atomic E-state index is 11.9. The number of nitrogens with one attached hydrogen (secondary N) is 1. The highest BCUT2D eigenvalue weighted by molar-refractivity contribution is 6.17. The Morgan fingerprint density at radius 2 is 2.00 bits per heavy atom. The first kappa shape index (κ1) is 16.4. The maximum Gasteiger partial charge on any atom is 0.273 e. The molecule has 0 spiro atoms. The van der Waals surface area contributed by atoms with E-state index in [1.54, 1.807) is 19.1 Å². The zero-order valence-electron chi connectivity index (χ0n) is 11.5. The van der Waals surface area contributed by atoms with Crippen molar-refractivity contribution >= 4 is 23.2 Å². The highest BCUT2D eigenvalue weighted by atomic mass is 35.5. The summed E-state index contributed by atoms with van der Waals surface area (Å²) in [4.78, 5) is 22.2. The van der Waals surface area contributed by atoms with Gasteiger partial charge in [0.1, 0.15) is 0 Å². The number of rotatable bonds is 8. The molecule has 0 aliphatic rings. The third-order valence-electron chi connectivity index (χ3n) is 3.01. The summed E-state index contributed by atoms with van der Waals surface area (Å²) in [7, 11) is 0. The van der Waals surface area contributed by atoms with E-state index in [0.29, 0.717) is 23.6 Å². The van der Waals surface area contributed by atoms with Crippen molar-refractivity contribution in [2.75, 3.05) is 12.4 Å². The molecular weight excluding hydrogens is 280 g/mol. The molecule has 0 unspecified atom stereocenters. The summed E-state index contributed by atoms with van der Waals surface area (Å²) in [6, 6.07) is 4.51. The maximum atomic E-state index is 11.9. The quantitative estimate of drug-likeness (QED) is 0.346. The number of nitro groups is 1. The molecule has 0 bridgehead atoms. The van der Waals surface area contributed by atoms with Crippen molar-refractivity contribution < 1.29 is 9.72 Å². The van der Waals surface area contributed by atoms with E-state index in [2.05, 4.69) is 5.32 Å². The number of hydrogen-bond acceptors (Lipinski definition) is 3. The minimum atomic E-state index is -0.474. The lowest BCUT2D eigenvalue weighted by Gasteiger charge is -2.06. The number of carbonyl (C=O) groups is 1. The predicted octanol–water partition coefficient (Wildman–Crippen LogP) is 3.43. The molecule has 5 nitrogen and oxygen atoms in total. The fourth-order valence-electron chi connectivity index (χ4n) is 1.82. The Hall–Kier alpha value is -1.62. The molecule has 0 saturated carbocycles. The number of hydrogen-bond donors (Lipinski definition) is 1. The number of aryl methyl sites for hydroxylation is 1. The molecule has 1 N–H and O–H groups in total. The Bertz CT molecular complexity index is 477. The predicted molar refractivity (Wildman–Crippen MR) is 79.4 cm³/mol. The molecule has 1 aromatic carbocycles. The minimum Gasteiger partial charge on any atom is -0.352 e. The average molecular weight is 299 g/mol. The van der Waals surface area contributed by atoms with E-state index in [9.17, 15) is 14.9 Å². The molecule has 0 atom stereocenters. The molecule has 0 saturated heterocycles. The lowest BCUT2D eigenvalue weighted by atomic mass is 10.1. The highest BCUT2D eigenvalue weighted by Gasteiger charge is 2.14. The lowest BCUT2D eigenvalue weighted by molar-refractivity contribution is -0.385. The molecule has 0 radical (unpaired) electrons. The Labute approximate surface area is 123 Å². The van der Waals surface area contributed by atoms with Gasteiger partial charge in [0, 0.05) is 29.6 Å². The van der Waals surface area contributed by atoms with Crippen molar-refractivity contribution in [2.24, 2.45) is 0 Å². The van der Waals surface area contributed by atoms with E-state index in [0.717, 1.165) is 25.7 Å². The number of carbonyl (C=O) groups excluding carboxylic acids is 1. The number of nitrogens with zero attached hydrogens (tertiary/aromatic N) is 1. The largest absolute Gasteiger partial charge is 0.352 e. The van der Waals surface area contributed by atoms with Crippen molar-refractivity contribution in [3.63, 3.8) is 0 Å². The topological polar surface area (TPSA) is 72.2 Å². The Morgan fingerprint density at radius 1 is 1.30 bits per heavy atom. The summed E-state index contributed by atoms with van der Waals surface area (Å²) >= 11 is 5.57. The van der Waals surface area contributed by atoms with Gasteiger partial charge in [0.2, 0.25) is 0 Å². The number of alkyl halides is 1. The Balaban J connectivity index is 2.47. The zero-order chi connectivity index (χ0) is 15.0. The summed E-state index contributed by atoms with van der Waals surface area (Å²) in [5, 5.41) is 13.6. The van der Waals surface area contributed by atoms with Crippen molar-refractivity contribution in [1.29, 1.82) is 0 Å². The van der Waals surface area contributed by atoms with Gasteiger partial charge in [0.25, 0.3) is 11.6 Å². The molecule has 20 heavy (non-hydrogen) atoms. The van der Waals surface area contributed by atoms with Crippen LogP contribution >= 0.6 is 11.6 Å². The molecule has 110 valence electrons. The van der Waals surface area contributed by atoms with Crippen LogP contribution in [0.3, 0.4) is 0 Å². The molecule has 0 heterocycles. The van der Waals surface area contributed by atoms with E-state index < -0.39 is 4.92 Å². The lowest BCUT2D eigenvalue weighted by Crippen LogP contribution is -2.24. The first-order valence-corrected chi connectivity index (χ1v) is 7.19. The molecular formula is C14H19ClN2O3. The van der Waals surface area contributed by atoms with E-state index in [-0.39, 0.29) is 11.6 Å². The summed E-state index contributed by atoms with van der Waals surface area (Å²) in [5.74, 6) is 0.393. The molecule has 1 amide bonds. The van der Waals surface area contributed by atoms with Crippen molar-refractivity contribution in [1.82, 2.24) is 5.32 Å². The number of benzene rings is 1. The number of unbranched alkanes of at least 4 members (excludes halogenated alkanes) is 3. The van der Waals surface area contributed by atoms with Crippen LogP contribution in [0, 0.1) is 17.0 Å². The van der Waals surface area contributed by atoms with Gasteiger partial charge in [-0.2, -0.15) is 0 Å². The van der Waals surface area contributed by atoms with Crippen LogP contribution in [0.2, 0.25) is 0 Å². The van der Waals surface area contributed by atoms with E-state index in [1.165, 1.54) is 6.07 Å². The normalized spacial score (nSPS) is 10.3. The van der Waals surface area contributed by atoms with E-state index in [1.807, 2.05) is 0 Å². The van der Waals surface area contributed by atoms with Crippen molar-refractivity contribution in [2.45, 2.75) is 32.6 Å². The van der Waals surface area contributed by atoms with Crippen LogP contribution < -0.4 is 5.32 Å². The summed E-state index contributed by atoms with van der Waals surface area (Å²) in [5.41, 5.74) is 0.843. The van der Waals surface area contributed by atoms with Gasteiger partial charge in [-0.1, -0.05) is 18.9 Å².